The van der Waals surface area contributed by atoms with Gasteiger partial charge < -0.3 is 14.4 Å². The predicted molar refractivity (Wildman–Crippen MR) is 79.2 cm³/mol. The van der Waals surface area contributed by atoms with Gasteiger partial charge >= 0.3 is 0 Å². The van der Waals surface area contributed by atoms with Crippen LogP contribution in [0.2, 0.25) is 0 Å². The Morgan fingerprint density at radius 1 is 1.37 bits per heavy atom. The van der Waals surface area contributed by atoms with Gasteiger partial charge in [-0.1, -0.05) is 0 Å². The number of alkyl halides is 1. The summed E-state index contributed by atoms with van der Waals surface area (Å²) in [6.07, 6.45) is 0. The Kier molecular flexibility index (Phi) is 7.20. The molecule has 1 aromatic rings. The average Bonchev–Trinajstić information content (AvgIpc) is 2.42. The Morgan fingerprint density at radius 3 is 2.63 bits per heavy atom. The van der Waals surface area contributed by atoms with Crippen LogP contribution in [0, 0.1) is 0 Å². The van der Waals surface area contributed by atoms with Crippen LogP contribution in [0.15, 0.2) is 22.7 Å². The molecule has 1 amide bonds. The molecular formula is C13H17BrClNO3. The van der Waals surface area contributed by atoms with Crippen LogP contribution in [-0.4, -0.2) is 50.6 Å². The Balaban J connectivity index is 2.86. The van der Waals surface area contributed by atoms with Gasteiger partial charge in [0, 0.05) is 31.6 Å². The van der Waals surface area contributed by atoms with Gasteiger partial charge in [-0.15, -0.1) is 11.6 Å². The molecule has 0 N–H and O–H groups in total. The highest BCUT2D eigenvalue weighted by molar-refractivity contribution is 9.10. The van der Waals surface area contributed by atoms with Crippen molar-refractivity contribution >= 4 is 33.4 Å². The Labute approximate surface area is 126 Å². The predicted octanol–water partition coefficient (Wildman–Crippen LogP) is 2.79. The molecule has 0 unspecified atom stereocenters. The highest BCUT2D eigenvalue weighted by Gasteiger charge is 2.16. The third kappa shape index (κ3) is 4.67. The summed E-state index contributed by atoms with van der Waals surface area (Å²) in [5, 5.41) is 0. The molecule has 0 fully saturated rings. The Bertz CT molecular complexity index is 428. The second-order valence-electron chi connectivity index (χ2n) is 3.82. The molecule has 1 aromatic carbocycles. The van der Waals surface area contributed by atoms with Crippen molar-refractivity contribution in [3.8, 4) is 5.75 Å². The van der Waals surface area contributed by atoms with E-state index in [0.29, 0.717) is 36.9 Å². The van der Waals surface area contributed by atoms with Crippen molar-refractivity contribution in [1.29, 1.82) is 0 Å². The van der Waals surface area contributed by atoms with Crippen molar-refractivity contribution in [3.63, 3.8) is 0 Å². The standard InChI is InChI=1S/C13H17BrClNO3/c1-18-8-7-16(6-5-15)13(17)10-3-4-12(19-2)11(14)9-10/h3-4,9H,5-8H2,1-2H3. The van der Waals surface area contributed by atoms with Crippen molar-refractivity contribution < 1.29 is 14.3 Å². The van der Waals surface area contributed by atoms with Crippen LogP contribution >= 0.6 is 27.5 Å². The fourth-order valence-electron chi connectivity index (χ4n) is 1.60. The summed E-state index contributed by atoms with van der Waals surface area (Å²) in [5.74, 6) is 1.02. The second kappa shape index (κ2) is 8.40. The molecule has 0 aliphatic rings. The number of methoxy groups -OCH3 is 2. The summed E-state index contributed by atoms with van der Waals surface area (Å²) in [5.41, 5.74) is 0.592. The SMILES string of the molecule is COCCN(CCCl)C(=O)c1ccc(OC)c(Br)c1. The minimum Gasteiger partial charge on any atom is -0.496 e. The molecule has 0 bridgehead atoms. The normalized spacial score (nSPS) is 10.3. The van der Waals surface area contributed by atoms with Gasteiger partial charge in [-0.25, -0.2) is 0 Å². The fraction of sp³-hybridized carbons (Fsp3) is 0.462. The molecular weight excluding hydrogens is 334 g/mol. The first-order valence-electron chi connectivity index (χ1n) is 5.81. The van der Waals surface area contributed by atoms with Crippen molar-refractivity contribution in [3.05, 3.63) is 28.2 Å². The number of benzene rings is 1. The van der Waals surface area contributed by atoms with Crippen LogP contribution in [-0.2, 0) is 4.74 Å². The van der Waals surface area contributed by atoms with Crippen LogP contribution in [0.4, 0.5) is 0 Å². The first-order chi connectivity index (χ1) is 9.13. The molecule has 0 saturated heterocycles. The lowest BCUT2D eigenvalue weighted by Crippen LogP contribution is -2.35. The van der Waals surface area contributed by atoms with Gasteiger partial charge in [0.1, 0.15) is 5.75 Å². The van der Waals surface area contributed by atoms with E-state index < -0.39 is 0 Å². The number of carbonyl (C=O) groups excluding carboxylic acids is 1. The molecule has 0 saturated carbocycles. The molecule has 4 nitrogen and oxygen atoms in total. The molecule has 0 aliphatic heterocycles. The van der Waals surface area contributed by atoms with Gasteiger partial charge in [-0.3, -0.25) is 4.79 Å². The van der Waals surface area contributed by atoms with Crippen LogP contribution in [0.5, 0.6) is 5.75 Å². The van der Waals surface area contributed by atoms with E-state index in [0.717, 1.165) is 4.47 Å². The molecule has 0 aromatic heterocycles. The third-order valence-electron chi connectivity index (χ3n) is 2.61. The average molecular weight is 351 g/mol. The fourth-order valence-corrected chi connectivity index (χ4v) is 2.35. The van der Waals surface area contributed by atoms with Crippen LogP contribution in [0.1, 0.15) is 10.4 Å². The van der Waals surface area contributed by atoms with E-state index in [2.05, 4.69) is 15.9 Å². The Morgan fingerprint density at radius 2 is 2.11 bits per heavy atom. The van der Waals surface area contributed by atoms with Gasteiger partial charge in [0.2, 0.25) is 0 Å². The first kappa shape index (κ1) is 16.3. The topological polar surface area (TPSA) is 38.8 Å². The number of ether oxygens (including phenoxy) is 2. The highest BCUT2D eigenvalue weighted by atomic mass is 79.9. The number of amides is 1. The zero-order valence-electron chi connectivity index (χ0n) is 11.0. The zero-order valence-corrected chi connectivity index (χ0v) is 13.3. The molecule has 0 radical (unpaired) electrons. The second-order valence-corrected chi connectivity index (χ2v) is 5.06. The lowest BCUT2D eigenvalue weighted by molar-refractivity contribution is 0.0707. The molecule has 0 aliphatic carbocycles. The van der Waals surface area contributed by atoms with Gasteiger partial charge in [0.15, 0.2) is 0 Å². The van der Waals surface area contributed by atoms with E-state index >= 15 is 0 Å². The zero-order chi connectivity index (χ0) is 14.3. The van der Waals surface area contributed by atoms with Crippen LogP contribution in [0.3, 0.4) is 0 Å². The summed E-state index contributed by atoms with van der Waals surface area (Å²) in [4.78, 5) is 14.0. The maximum atomic E-state index is 12.3. The number of halogens is 2. The summed E-state index contributed by atoms with van der Waals surface area (Å²) in [7, 11) is 3.19. The van der Waals surface area contributed by atoms with Gasteiger partial charge in [0.25, 0.3) is 5.91 Å². The van der Waals surface area contributed by atoms with E-state index in [1.165, 1.54) is 0 Å². The molecule has 0 spiro atoms. The van der Waals surface area contributed by atoms with Crippen molar-refractivity contribution in [2.45, 2.75) is 0 Å². The van der Waals surface area contributed by atoms with E-state index in [4.69, 9.17) is 21.1 Å². The van der Waals surface area contributed by atoms with Gasteiger partial charge in [-0.05, 0) is 34.1 Å². The number of hydrogen-bond donors (Lipinski definition) is 0. The van der Waals surface area contributed by atoms with Crippen LogP contribution in [0.25, 0.3) is 0 Å². The van der Waals surface area contributed by atoms with E-state index in [9.17, 15) is 4.79 Å². The molecule has 6 heteroatoms. The molecule has 0 atom stereocenters. The minimum atomic E-state index is -0.0685. The molecule has 1 rings (SSSR count). The number of carbonyl (C=O) groups is 1. The summed E-state index contributed by atoms with van der Waals surface area (Å²) < 4.78 is 10.9. The number of rotatable bonds is 7. The summed E-state index contributed by atoms with van der Waals surface area (Å²) >= 11 is 9.09. The Hall–Kier alpha value is -0.780. The van der Waals surface area contributed by atoms with E-state index in [1.807, 2.05) is 0 Å². The molecule has 106 valence electrons. The lowest BCUT2D eigenvalue weighted by atomic mass is 10.2. The molecule has 19 heavy (non-hydrogen) atoms. The number of nitrogens with zero attached hydrogens (tertiary/aromatic N) is 1. The van der Waals surface area contributed by atoms with E-state index in [1.54, 1.807) is 37.3 Å². The van der Waals surface area contributed by atoms with Crippen molar-refractivity contribution in [2.75, 3.05) is 39.8 Å². The maximum absolute atomic E-state index is 12.3. The van der Waals surface area contributed by atoms with Crippen LogP contribution < -0.4 is 4.74 Å². The molecule has 0 heterocycles. The quantitative estimate of drug-likeness (QED) is 0.710. The number of hydrogen-bond acceptors (Lipinski definition) is 3. The monoisotopic (exact) mass is 349 g/mol. The minimum absolute atomic E-state index is 0.0685. The van der Waals surface area contributed by atoms with Gasteiger partial charge in [-0.2, -0.15) is 0 Å². The third-order valence-corrected chi connectivity index (χ3v) is 3.39. The smallest absolute Gasteiger partial charge is 0.254 e. The van der Waals surface area contributed by atoms with Crippen molar-refractivity contribution in [1.82, 2.24) is 4.90 Å². The maximum Gasteiger partial charge on any atom is 0.254 e. The van der Waals surface area contributed by atoms with E-state index in [-0.39, 0.29) is 5.91 Å². The summed E-state index contributed by atoms with van der Waals surface area (Å²) in [6, 6.07) is 5.24. The first-order valence-corrected chi connectivity index (χ1v) is 7.14. The lowest BCUT2D eigenvalue weighted by Gasteiger charge is -2.21. The van der Waals surface area contributed by atoms with Crippen molar-refractivity contribution in [2.24, 2.45) is 0 Å². The largest absolute Gasteiger partial charge is 0.496 e. The highest BCUT2D eigenvalue weighted by Crippen LogP contribution is 2.26. The van der Waals surface area contributed by atoms with Gasteiger partial charge in [0.05, 0.1) is 18.2 Å². The summed E-state index contributed by atoms with van der Waals surface area (Å²) in [6.45, 7) is 1.50.